The molecule has 2 aromatic carbocycles. The van der Waals surface area contributed by atoms with Gasteiger partial charge in [0.2, 0.25) is 0 Å². The van der Waals surface area contributed by atoms with E-state index in [-0.39, 0.29) is 6.03 Å². The maximum Gasteiger partial charge on any atom is 0.320 e. The zero-order valence-corrected chi connectivity index (χ0v) is 15.7. The van der Waals surface area contributed by atoms with Crippen LogP contribution in [0.25, 0.3) is 16.9 Å². The second-order valence-electron chi connectivity index (χ2n) is 6.72. The van der Waals surface area contributed by atoms with Gasteiger partial charge >= 0.3 is 6.03 Å². The average Bonchev–Trinajstić information content (AvgIpc) is 3.07. The second kappa shape index (κ2) is 7.96. The van der Waals surface area contributed by atoms with Crippen LogP contribution in [-0.4, -0.2) is 22.0 Å². The number of pyridine rings is 1. The van der Waals surface area contributed by atoms with E-state index < -0.39 is 0 Å². The number of nitrogens with one attached hydrogen (secondary N) is 2. The molecule has 0 fully saturated rings. The van der Waals surface area contributed by atoms with E-state index in [2.05, 4.69) is 28.8 Å². The monoisotopic (exact) mass is 370 g/mol. The van der Waals surface area contributed by atoms with E-state index in [0.29, 0.717) is 12.4 Å². The van der Waals surface area contributed by atoms with E-state index in [1.54, 1.807) is 0 Å². The molecule has 2 heterocycles. The Morgan fingerprint density at radius 2 is 1.82 bits per heavy atom. The van der Waals surface area contributed by atoms with Gasteiger partial charge in [0.25, 0.3) is 0 Å². The Labute approximate surface area is 164 Å². The van der Waals surface area contributed by atoms with Crippen molar-refractivity contribution >= 4 is 17.5 Å². The summed E-state index contributed by atoms with van der Waals surface area (Å²) >= 11 is 0. The number of benzene rings is 2. The van der Waals surface area contributed by atoms with Crippen LogP contribution in [0.1, 0.15) is 11.1 Å². The number of rotatable bonds is 5. The van der Waals surface area contributed by atoms with E-state index in [0.717, 1.165) is 28.9 Å². The molecule has 0 unspecified atom stereocenters. The highest BCUT2D eigenvalue weighted by Gasteiger charge is 2.16. The predicted molar refractivity (Wildman–Crippen MR) is 113 cm³/mol. The molecule has 0 saturated carbocycles. The maximum atomic E-state index is 12.5. The molecule has 4 aromatic rings. The van der Waals surface area contributed by atoms with Crippen molar-refractivity contribution in [1.29, 1.82) is 0 Å². The van der Waals surface area contributed by atoms with Gasteiger partial charge < -0.3 is 5.32 Å². The van der Waals surface area contributed by atoms with Crippen LogP contribution < -0.4 is 10.6 Å². The van der Waals surface area contributed by atoms with Crippen molar-refractivity contribution in [1.82, 2.24) is 14.7 Å². The number of anilines is 1. The quantitative estimate of drug-likeness (QED) is 0.536. The molecule has 0 aliphatic carbocycles. The fraction of sp³-hybridized carbons (Fsp3) is 0.130. The molecule has 140 valence electrons. The minimum absolute atomic E-state index is 0.240. The fourth-order valence-electron chi connectivity index (χ4n) is 3.23. The van der Waals surface area contributed by atoms with Gasteiger partial charge in [-0.3, -0.25) is 9.72 Å². The van der Waals surface area contributed by atoms with Gasteiger partial charge in [-0.25, -0.2) is 9.78 Å². The molecule has 4 rings (SSSR count). The second-order valence-corrected chi connectivity index (χ2v) is 6.72. The summed E-state index contributed by atoms with van der Waals surface area (Å²) in [5.41, 5.74) is 4.86. The van der Waals surface area contributed by atoms with Gasteiger partial charge in [0.15, 0.2) is 0 Å². The van der Waals surface area contributed by atoms with Gasteiger partial charge in [0.05, 0.1) is 0 Å². The number of hydrogen-bond acceptors (Lipinski definition) is 2. The molecule has 0 aliphatic rings. The lowest BCUT2D eigenvalue weighted by Crippen LogP contribution is -2.31. The van der Waals surface area contributed by atoms with Gasteiger partial charge in [-0.2, -0.15) is 0 Å². The summed E-state index contributed by atoms with van der Waals surface area (Å²) in [6, 6.07) is 23.8. The van der Waals surface area contributed by atoms with Crippen LogP contribution in [0.15, 0.2) is 79.0 Å². The Morgan fingerprint density at radius 1 is 1.00 bits per heavy atom. The summed E-state index contributed by atoms with van der Waals surface area (Å²) < 4.78 is 1.90. The Morgan fingerprint density at radius 3 is 2.64 bits per heavy atom. The number of hydrogen-bond donors (Lipinski definition) is 2. The number of aromatic nitrogens is 2. The number of nitrogens with zero attached hydrogens (tertiary/aromatic N) is 2. The number of aryl methyl sites for hydroxylation is 1. The van der Waals surface area contributed by atoms with Crippen molar-refractivity contribution in [3.63, 3.8) is 0 Å². The SMILES string of the molecule is Cc1cccc(-c2nc3ccccn3c2NC(=O)NCCc2ccccc2)c1. The molecule has 2 amide bonds. The summed E-state index contributed by atoms with van der Waals surface area (Å²) in [6.07, 6.45) is 2.69. The molecule has 0 bridgehead atoms. The highest BCUT2D eigenvalue weighted by Crippen LogP contribution is 2.29. The van der Waals surface area contributed by atoms with Crippen LogP contribution in [-0.2, 0) is 6.42 Å². The van der Waals surface area contributed by atoms with Gasteiger partial charge in [-0.05, 0) is 37.1 Å². The lowest BCUT2D eigenvalue weighted by molar-refractivity contribution is 0.252. The van der Waals surface area contributed by atoms with Crippen molar-refractivity contribution < 1.29 is 4.79 Å². The largest absolute Gasteiger partial charge is 0.337 e. The molecule has 0 radical (unpaired) electrons. The van der Waals surface area contributed by atoms with E-state index in [9.17, 15) is 4.79 Å². The number of carbonyl (C=O) groups excluding carboxylic acids is 1. The molecule has 0 spiro atoms. The first-order valence-corrected chi connectivity index (χ1v) is 9.33. The Hall–Kier alpha value is -3.60. The first-order valence-electron chi connectivity index (χ1n) is 9.33. The van der Waals surface area contributed by atoms with Gasteiger partial charge in [-0.1, -0.05) is 60.2 Å². The molecule has 0 aliphatic heterocycles. The van der Waals surface area contributed by atoms with Crippen LogP contribution in [0.5, 0.6) is 0 Å². The Kier molecular flexibility index (Phi) is 5.06. The van der Waals surface area contributed by atoms with E-state index in [1.807, 2.05) is 72.1 Å². The van der Waals surface area contributed by atoms with Crippen LogP contribution in [0.2, 0.25) is 0 Å². The summed E-state index contributed by atoms with van der Waals surface area (Å²) in [5, 5.41) is 5.92. The maximum absolute atomic E-state index is 12.5. The minimum atomic E-state index is -0.240. The lowest BCUT2D eigenvalue weighted by Gasteiger charge is -2.10. The highest BCUT2D eigenvalue weighted by molar-refractivity contribution is 5.93. The van der Waals surface area contributed by atoms with Crippen LogP contribution in [0, 0.1) is 6.92 Å². The first-order chi connectivity index (χ1) is 13.7. The van der Waals surface area contributed by atoms with E-state index >= 15 is 0 Å². The van der Waals surface area contributed by atoms with Crippen LogP contribution in [0.4, 0.5) is 10.6 Å². The minimum Gasteiger partial charge on any atom is -0.337 e. The third kappa shape index (κ3) is 3.88. The van der Waals surface area contributed by atoms with Crippen molar-refractivity contribution in [2.24, 2.45) is 0 Å². The van der Waals surface area contributed by atoms with Gasteiger partial charge in [-0.15, -0.1) is 0 Å². The van der Waals surface area contributed by atoms with Crippen molar-refractivity contribution in [2.75, 3.05) is 11.9 Å². The topological polar surface area (TPSA) is 58.4 Å². The first kappa shape index (κ1) is 17.8. The smallest absolute Gasteiger partial charge is 0.320 e. The van der Waals surface area contributed by atoms with E-state index in [1.165, 1.54) is 5.56 Å². The molecule has 28 heavy (non-hydrogen) atoms. The normalized spacial score (nSPS) is 10.8. The number of imidazole rings is 1. The summed E-state index contributed by atoms with van der Waals surface area (Å²) in [7, 11) is 0. The molecular formula is C23H22N4O. The van der Waals surface area contributed by atoms with Crippen molar-refractivity contribution in [3.8, 4) is 11.3 Å². The number of fused-ring (bicyclic) bond motifs is 1. The predicted octanol–water partition coefficient (Wildman–Crippen LogP) is 4.67. The highest BCUT2D eigenvalue weighted by atomic mass is 16.2. The molecule has 0 saturated heterocycles. The van der Waals surface area contributed by atoms with Crippen LogP contribution >= 0.6 is 0 Å². The molecular weight excluding hydrogens is 348 g/mol. The zero-order chi connectivity index (χ0) is 19.3. The van der Waals surface area contributed by atoms with Crippen molar-refractivity contribution in [3.05, 3.63) is 90.1 Å². The van der Waals surface area contributed by atoms with E-state index in [4.69, 9.17) is 4.98 Å². The fourth-order valence-corrected chi connectivity index (χ4v) is 3.23. The number of urea groups is 1. The summed E-state index contributed by atoms with van der Waals surface area (Å²) in [4.78, 5) is 17.3. The molecule has 2 N–H and O–H groups in total. The molecule has 5 heteroatoms. The zero-order valence-electron chi connectivity index (χ0n) is 15.7. The van der Waals surface area contributed by atoms with Crippen LogP contribution in [0.3, 0.4) is 0 Å². The Bertz CT molecular complexity index is 1100. The van der Waals surface area contributed by atoms with Gasteiger partial charge in [0.1, 0.15) is 17.2 Å². The summed E-state index contributed by atoms with van der Waals surface area (Å²) in [5.74, 6) is 0.665. The number of amides is 2. The molecule has 5 nitrogen and oxygen atoms in total. The third-order valence-corrected chi connectivity index (χ3v) is 4.60. The number of carbonyl (C=O) groups is 1. The van der Waals surface area contributed by atoms with Crippen molar-refractivity contribution in [2.45, 2.75) is 13.3 Å². The standard InChI is InChI=1S/C23H22N4O/c1-17-8-7-11-19(16-17)21-22(27-15-6-5-12-20(27)25-21)26-23(28)24-14-13-18-9-3-2-4-10-18/h2-12,15-16H,13-14H2,1H3,(H2,24,26,28). The van der Waals surface area contributed by atoms with Gasteiger partial charge in [0, 0.05) is 18.3 Å². The Balaban J connectivity index is 1.55. The lowest BCUT2D eigenvalue weighted by atomic mass is 10.1. The average molecular weight is 370 g/mol. The molecule has 2 aromatic heterocycles. The summed E-state index contributed by atoms with van der Waals surface area (Å²) in [6.45, 7) is 2.61. The molecule has 0 atom stereocenters. The third-order valence-electron chi connectivity index (χ3n) is 4.60.